The van der Waals surface area contributed by atoms with Gasteiger partial charge in [-0.3, -0.25) is 4.79 Å². The van der Waals surface area contributed by atoms with Gasteiger partial charge in [-0.15, -0.1) is 0 Å². The molecule has 1 radical (unpaired) electrons. The molecule has 0 aromatic carbocycles. The van der Waals surface area contributed by atoms with Crippen molar-refractivity contribution < 1.29 is 4.79 Å². The van der Waals surface area contributed by atoms with E-state index < -0.39 is 0 Å². The van der Waals surface area contributed by atoms with Crippen molar-refractivity contribution in [2.75, 3.05) is 6.54 Å². The Morgan fingerprint density at radius 1 is 1.15 bits per heavy atom. The van der Waals surface area contributed by atoms with Crippen LogP contribution >= 0.6 is 0 Å². The van der Waals surface area contributed by atoms with Gasteiger partial charge in [-0.05, 0) is 18.8 Å². The van der Waals surface area contributed by atoms with Crippen molar-refractivity contribution in [1.29, 1.82) is 0 Å². The van der Waals surface area contributed by atoms with Crippen molar-refractivity contribution >= 4 is 6.41 Å². The minimum Gasteiger partial charge on any atom is -0.348 e. The highest BCUT2D eigenvalue weighted by Gasteiger charge is 2.06. The fourth-order valence-corrected chi connectivity index (χ4v) is 1.63. The molecule has 13 heavy (non-hydrogen) atoms. The smallest absolute Gasteiger partial charge is 0.309 e. The summed E-state index contributed by atoms with van der Waals surface area (Å²) in [6.07, 6.45) is 9.29. The lowest BCUT2D eigenvalue weighted by Crippen LogP contribution is -2.21. The summed E-state index contributed by atoms with van der Waals surface area (Å²) in [6.45, 7) is 5.21. The largest absolute Gasteiger partial charge is 0.348 e. The number of hydrogen-bond donors (Lipinski definition) is 1. The Hall–Kier alpha value is -0.530. The van der Waals surface area contributed by atoms with Gasteiger partial charge in [0, 0.05) is 6.54 Å². The maximum atomic E-state index is 10.0. The van der Waals surface area contributed by atoms with Gasteiger partial charge >= 0.3 is 6.41 Å². The van der Waals surface area contributed by atoms with E-state index in [1.165, 1.54) is 38.5 Å². The van der Waals surface area contributed by atoms with E-state index in [1.807, 2.05) is 0 Å². The van der Waals surface area contributed by atoms with Crippen LogP contribution in [0.1, 0.15) is 52.4 Å². The van der Waals surface area contributed by atoms with Crippen molar-refractivity contribution in [3.63, 3.8) is 0 Å². The van der Waals surface area contributed by atoms with Crippen LogP contribution in [0.4, 0.5) is 0 Å². The Bertz CT molecular complexity index is 115. The van der Waals surface area contributed by atoms with Gasteiger partial charge in [-0.1, -0.05) is 39.5 Å². The molecule has 0 aliphatic rings. The van der Waals surface area contributed by atoms with Gasteiger partial charge in [0.2, 0.25) is 0 Å². The first kappa shape index (κ1) is 12.5. The zero-order chi connectivity index (χ0) is 9.94. The van der Waals surface area contributed by atoms with E-state index in [-0.39, 0.29) is 0 Å². The number of carbonyl (C=O) groups excluding carboxylic acids is 1. The van der Waals surface area contributed by atoms with E-state index in [9.17, 15) is 4.79 Å². The van der Waals surface area contributed by atoms with Crippen molar-refractivity contribution in [1.82, 2.24) is 5.32 Å². The fourth-order valence-electron chi connectivity index (χ4n) is 1.63. The lowest BCUT2D eigenvalue weighted by molar-refractivity contribution is 0.414. The fraction of sp³-hybridized carbons (Fsp3) is 0.909. The molecule has 0 aromatic heterocycles. The standard InChI is InChI=1S/C11H22NO/c1-3-5-6-8-11(7-4-2)9-12-10-13/h11H,3-9H2,1-2H3,(H,12,13). The molecular weight excluding hydrogens is 162 g/mol. The Balaban J connectivity index is 3.46. The van der Waals surface area contributed by atoms with Crippen LogP contribution in [0.15, 0.2) is 0 Å². The molecule has 1 N–H and O–H groups in total. The van der Waals surface area contributed by atoms with Crippen molar-refractivity contribution in [3.05, 3.63) is 0 Å². The van der Waals surface area contributed by atoms with E-state index >= 15 is 0 Å². The molecule has 1 amide bonds. The minimum absolute atomic E-state index is 0.665. The van der Waals surface area contributed by atoms with Crippen LogP contribution in [0.5, 0.6) is 0 Å². The molecule has 0 aliphatic carbocycles. The molecule has 0 bridgehead atoms. The van der Waals surface area contributed by atoms with Crippen LogP contribution in [0.2, 0.25) is 0 Å². The minimum atomic E-state index is 0.665. The quantitative estimate of drug-likeness (QED) is 0.433. The van der Waals surface area contributed by atoms with Crippen molar-refractivity contribution in [3.8, 4) is 0 Å². The van der Waals surface area contributed by atoms with E-state index in [0.29, 0.717) is 5.92 Å². The lowest BCUT2D eigenvalue weighted by Gasteiger charge is -2.14. The van der Waals surface area contributed by atoms with Crippen molar-refractivity contribution in [2.24, 2.45) is 5.92 Å². The highest BCUT2D eigenvalue weighted by molar-refractivity contribution is 5.46. The predicted octanol–water partition coefficient (Wildman–Crippen LogP) is 2.64. The first-order valence-electron chi connectivity index (χ1n) is 5.45. The normalized spacial score (nSPS) is 12.5. The molecule has 0 saturated carbocycles. The van der Waals surface area contributed by atoms with Crippen LogP contribution in [0, 0.1) is 5.92 Å². The molecule has 0 aromatic rings. The molecule has 1 unspecified atom stereocenters. The number of unbranched alkanes of at least 4 members (excludes halogenated alkanes) is 2. The molecule has 0 aliphatic heterocycles. The highest BCUT2D eigenvalue weighted by atomic mass is 16.1. The zero-order valence-corrected chi connectivity index (χ0v) is 8.94. The molecule has 2 heteroatoms. The summed E-state index contributed by atoms with van der Waals surface area (Å²) in [5, 5.41) is 2.65. The van der Waals surface area contributed by atoms with Gasteiger partial charge in [0.25, 0.3) is 0 Å². The Labute approximate surface area is 82.1 Å². The molecule has 0 spiro atoms. The third-order valence-corrected chi connectivity index (χ3v) is 2.38. The van der Waals surface area contributed by atoms with Gasteiger partial charge < -0.3 is 5.32 Å². The maximum absolute atomic E-state index is 10.0. The second-order valence-corrected chi connectivity index (χ2v) is 3.63. The van der Waals surface area contributed by atoms with Gasteiger partial charge in [-0.2, -0.15) is 0 Å². The van der Waals surface area contributed by atoms with Crippen LogP contribution in [0.25, 0.3) is 0 Å². The van der Waals surface area contributed by atoms with E-state index in [2.05, 4.69) is 19.2 Å². The van der Waals surface area contributed by atoms with Crippen LogP contribution in [-0.2, 0) is 4.79 Å². The zero-order valence-electron chi connectivity index (χ0n) is 8.94. The van der Waals surface area contributed by atoms with Crippen molar-refractivity contribution in [2.45, 2.75) is 52.4 Å². The molecule has 0 heterocycles. The van der Waals surface area contributed by atoms with Crippen LogP contribution < -0.4 is 5.32 Å². The average Bonchev–Trinajstić information content (AvgIpc) is 2.14. The third-order valence-electron chi connectivity index (χ3n) is 2.38. The van der Waals surface area contributed by atoms with E-state index in [1.54, 1.807) is 6.41 Å². The highest BCUT2D eigenvalue weighted by Crippen LogP contribution is 2.14. The van der Waals surface area contributed by atoms with E-state index in [4.69, 9.17) is 0 Å². The summed E-state index contributed by atoms with van der Waals surface area (Å²) < 4.78 is 0. The van der Waals surface area contributed by atoms with Gasteiger partial charge in [0.15, 0.2) is 0 Å². The lowest BCUT2D eigenvalue weighted by atomic mass is 9.96. The number of hydrogen-bond acceptors (Lipinski definition) is 1. The first-order valence-corrected chi connectivity index (χ1v) is 5.45. The third kappa shape index (κ3) is 7.82. The topological polar surface area (TPSA) is 29.1 Å². The van der Waals surface area contributed by atoms with E-state index in [0.717, 1.165) is 6.54 Å². The first-order chi connectivity index (χ1) is 6.35. The summed E-state index contributed by atoms with van der Waals surface area (Å²) in [7, 11) is 0. The molecular formula is C11H22NO. The molecule has 77 valence electrons. The van der Waals surface area contributed by atoms with Crippen LogP contribution in [-0.4, -0.2) is 13.0 Å². The predicted molar refractivity (Wildman–Crippen MR) is 56.2 cm³/mol. The summed E-state index contributed by atoms with van der Waals surface area (Å²) in [6, 6.07) is 0. The summed E-state index contributed by atoms with van der Waals surface area (Å²) in [4.78, 5) is 10.0. The monoisotopic (exact) mass is 184 g/mol. The number of rotatable bonds is 9. The molecule has 0 rings (SSSR count). The summed E-state index contributed by atoms with van der Waals surface area (Å²) in [5.74, 6) is 0.665. The Morgan fingerprint density at radius 3 is 2.46 bits per heavy atom. The Morgan fingerprint density at radius 2 is 1.92 bits per heavy atom. The average molecular weight is 184 g/mol. The van der Waals surface area contributed by atoms with Gasteiger partial charge in [0.1, 0.15) is 0 Å². The second-order valence-electron chi connectivity index (χ2n) is 3.63. The molecule has 1 atom stereocenters. The summed E-state index contributed by atoms with van der Waals surface area (Å²) in [5.41, 5.74) is 0. The summed E-state index contributed by atoms with van der Waals surface area (Å²) >= 11 is 0. The van der Waals surface area contributed by atoms with Gasteiger partial charge in [0.05, 0.1) is 0 Å². The van der Waals surface area contributed by atoms with Gasteiger partial charge in [-0.25, -0.2) is 0 Å². The molecule has 0 fully saturated rings. The number of amides is 1. The maximum Gasteiger partial charge on any atom is 0.309 e. The number of nitrogens with one attached hydrogen (secondary N) is 1. The molecule has 2 nitrogen and oxygen atoms in total. The second kappa shape index (κ2) is 9.56. The Kier molecular flexibility index (Phi) is 9.17. The molecule has 0 saturated heterocycles. The van der Waals surface area contributed by atoms with Crippen LogP contribution in [0.3, 0.4) is 0 Å². The SMILES string of the molecule is CCCCCC(CCC)CN[C]=O.